The third-order valence-corrected chi connectivity index (χ3v) is 5.59. The molecule has 1 aromatic heterocycles. The fourth-order valence-electron chi connectivity index (χ4n) is 2.72. The van der Waals surface area contributed by atoms with E-state index in [4.69, 9.17) is 4.74 Å². The average molecular weight is 384 g/mol. The van der Waals surface area contributed by atoms with Crippen LogP contribution in [0.15, 0.2) is 0 Å². The van der Waals surface area contributed by atoms with E-state index in [1.165, 1.54) is 19.1 Å². The number of carboxylic acids is 1. The second kappa shape index (κ2) is 7.32. The molecule has 0 spiro atoms. The number of carbonyl (C=O) groups excluding carboxylic acids is 3. The lowest BCUT2D eigenvalue weighted by atomic mass is 9.90. The van der Waals surface area contributed by atoms with Crippen LogP contribution in [0.25, 0.3) is 0 Å². The zero-order valence-electron chi connectivity index (χ0n) is 14.9. The van der Waals surface area contributed by atoms with Gasteiger partial charge in [0.15, 0.2) is 0 Å². The summed E-state index contributed by atoms with van der Waals surface area (Å²) in [6, 6.07) is -0.544. The molecule has 0 aliphatic carbocycles. The van der Waals surface area contributed by atoms with Crippen molar-refractivity contribution >= 4 is 40.3 Å². The predicted octanol–water partition coefficient (Wildman–Crippen LogP) is 1.96. The lowest BCUT2D eigenvalue weighted by molar-refractivity contribution is -0.146. The van der Waals surface area contributed by atoms with Gasteiger partial charge in [-0.05, 0) is 25.8 Å². The summed E-state index contributed by atoms with van der Waals surface area (Å²) in [5.74, 6) is -2.29. The van der Waals surface area contributed by atoms with Gasteiger partial charge in [0.2, 0.25) is 0 Å². The highest BCUT2D eigenvalue weighted by atomic mass is 32.1. The minimum atomic E-state index is -1.01. The molecule has 2 amide bonds. The quantitative estimate of drug-likeness (QED) is 0.761. The number of likely N-dealkylation sites (tertiary alicyclic amines) is 1. The molecule has 2 N–H and O–H groups in total. The van der Waals surface area contributed by atoms with Crippen molar-refractivity contribution in [1.82, 2.24) is 4.90 Å². The van der Waals surface area contributed by atoms with Crippen LogP contribution < -0.4 is 5.32 Å². The number of ether oxygens (including phenoxy) is 2. The Morgan fingerprint density at radius 2 is 1.81 bits per heavy atom. The van der Waals surface area contributed by atoms with Crippen LogP contribution in [0.5, 0.6) is 0 Å². The summed E-state index contributed by atoms with van der Waals surface area (Å²) in [6.07, 6.45) is 0.330. The number of esters is 2. The number of amides is 2. The van der Waals surface area contributed by atoms with E-state index in [1.54, 1.807) is 13.8 Å². The smallest absolute Gasteiger partial charge is 0.348 e. The van der Waals surface area contributed by atoms with Crippen molar-refractivity contribution in [2.75, 3.05) is 32.6 Å². The topological polar surface area (TPSA) is 122 Å². The minimum Gasteiger partial charge on any atom is -0.481 e. The second-order valence-electron chi connectivity index (χ2n) is 6.21. The number of nitrogens with zero attached hydrogens (tertiary/aromatic N) is 1. The number of hydrogen-bond donors (Lipinski definition) is 2. The first-order chi connectivity index (χ1) is 12.1. The van der Waals surface area contributed by atoms with E-state index in [0.717, 1.165) is 11.3 Å². The molecule has 2 rings (SSSR count). The van der Waals surface area contributed by atoms with Gasteiger partial charge < -0.3 is 19.5 Å². The van der Waals surface area contributed by atoms with E-state index in [-0.39, 0.29) is 28.5 Å². The highest BCUT2D eigenvalue weighted by molar-refractivity contribution is 7.18. The largest absolute Gasteiger partial charge is 0.481 e. The molecule has 26 heavy (non-hydrogen) atoms. The number of rotatable bonds is 4. The van der Waals surface area contributed by atoms with E-state index < -0.39 is 29.4 Å². The molecular weight excluding hydrogens is 364 g/mol. The highest BCUT2D eigenvalue weighted by Crippen LogP contribution is 2.35. The van der Waals surface area contributed by atoms with Gasteiger partial charge in [0.1, 0.15) is 9.88 Å². The van der Waals surface area contributed by atoms with Gasteiger partial charge in [-0.15, -0.1) is 11.3 Å². The standard InChI is InChI=1S/C16H20N2O7S/c1-8-9(12(19)24-3)11(26-10(8)13(20)25-4)17-15(23)18-6-5-16(2,7-18)14(21)22/h5-7H2,1-4H3,(H,17,23)(H,21,22). The van der Waals surface area contributed by atoms with Crippen molar-refractivity contribution in [3.63, 3.8) is 0 Å². The van der Waals surface area contributed by atoms with Crippen LogP contribution in [0, 0.1) is 12.3 Å². The molecule has 1 atom stereocenters. The summed E-state index contributed by atoms with van der Waals surface area (Å²) >= 11 is 0.906. The fraction of sp³-hybridized carbons (Fsp3) is 0.500. The Morgan fingerprint density at radius 1 is 1.19 bits per heavy atom. The van der Waals surface area contributed by atoms with Crippen LogP contribution in [0.3, 0.4) is 0 Å². The maximum Gasteiger partial charge on any atom is 0.348 e. The number of thiophene rings is 1. The first-order valence-electron chi connectivity index (χ1n) is 7.74. The Hall–Kier alpha value is -2.62. The Balaban J connectivity index is 2.28. The number of carboxylic acid groups (broad SMARTS) is 1. The number of carbonyl (C=O) groups is 4. The maximum absolute atomic E-state index is 12.5. The number of anilines is 1. The molecule has 0 saturated carbocycles. The molecule has 1 fully saturated rings. The first kappa shape index (κ1) is 19.7. The maximum atomic E-state index is 12.5. The van der Waals surface area contributed by atoms with Crippen LogP contribution in [0.4, 0.5) is 9.80 Å². The van der Waals surface area contributed by atoms with E-state index in [9.17, 15) is 24.3 Å². The van der Waals surface area contributed by atoms with Crippen LogP contribution in [-0.2, 0) is 14.3 Å². The summed E-state index contributed by atoms with van der Waals surface area (Å²) in [7, 11) is 2.41. The average Bonchev–Trinajstić information content (AvgIpc) is 3.15. The lowest BCUT2D eigenvalue weighted by Crippen LogP contribution is -2.37. The lowest BCUT2D eigenvalue weighted by Gasteiger charge is -2.20. The van der Waals surface area contributed by atoms with Gasteiger partial charge in [0.05, 0.1) is 25.2 Å². The Bertz CT molecular complexity index is 773. The Morgan fingerprint density at radius 3 is 2.31 bits per heavy atom. The van der Waals surface area contributed by atoms with Crippen molar-refractivity contribution in [2.45, 2.75) is 20.3 Å². The monoisotopic (exact) mass is 384 g/mol. The highest BCUT2D eigenvalue weighted by Gasteiger charge is 2.42. The van der Waals surface area contributed by atoms with Crippen molar-refractivity contribution in [3.05, 3.63) is 16.0 Å². The fourth-order valence-corrected chi connectivity index (χ4v) is 3.82. The molecule has 0 aromatic carbocycles. The molecule has 0 radical (unpaired) electrons. The molecule has 1 unspecified atom stereocenters. The summed E-state index contributed by atoms with van der Waals surface area (Å²) in [4.78, 5) is 49.3. The molecule has 1 aliphatic rings. The molecule has 1 aliphatic heterocycles. The Labute approximate surface area is 153 Å². The van der Waals surface area contributed by atoms with Gasteiger partial charge in [0, 0.05) is 13.1 Å². The first-order valence-corrected chi connectivity index (χ1v) is 8.55. The summed E-state index contributed by atoms with van der Waals surface area (Å²) in [5.41, 5.74) is -0.585. The van der Waals surface area contributed by atoms with Crippen molar-refractivity contribution in [3.8, 4) is 0 Å². The van der Waals surface area contributed by atoms with Crippen LogP contribution in [0.1, 0.15) is 38.9 Å². The van der Waals surface area contributed by atoms with E-state index in [2.05, 4.69) is 10.1 Å². The Kier molecular flexibility index (Phi) is 5.55. The van der Waals surface area contributed by atoms with Gasteiger partial charge in [0.25, 0.3) is 0 Å². The molecule has 0 bridgehead atoms. The third-order valence-electron chi connectivity index (χ3n) is 4.40. The molecule has 2 heterocycles. The van der Waals surface area contributed by atoms with Crippen LogP contribution in [-0.4, -0.2) is 61.3 Å². The number of hydrogen-bond acceptors (Lipinski definition) is 7. The third kappa shape index (κ3) is 3.50. The number of aliphatic carboxylic acids is 1. The van der Waals surface area contributed by atoms with E-state index >= 15 is 0 Å². The zero-order valence-corrected chi connectivity index (χ0v) is 15.7. The van der Waals surface area contributed by atoms with Gasteiger partial charge >= 0.3 is 23.9 Å². The number of urea groups is 1. The van der Waals surface area contributed by atoms with E-state index in [0.29, 0.717) is 12.0 Å². The predicted molar refractivity (Wildman–Crippen MR) is 92.7 cm³/mol. The second-order valence-corrected chi connectivity index (χ2v) is 7.23. The number of nitrogens with one attached hydrogen (secondary N) is 1. The molecule has 10 heteroatoms. The normalized spacial score (nSPS) is 19.2. The van der Waals surface area contributed by atoms with Gasteiger partial charge in [-0.25, -0.2) is 14.4 Å². The molecule has 9 nitrogen and oxygen atoms in total. The summed E-state index contributed by atoms with van der Waals surface area (Å²) in [5, 5.41) is 12.0. The SMILES string of the molecule is COC(=O)c1sc(NC(=O)N2CCC(C)(C(=O)O)C2)c(C(=O)OC)c1C. The zero-order chi connectivity index (χ0) is 19.6. The van der Waals surface area contributed by atoms with E-state index in [1.807, 2.05) is 0 Å². The van der Waals surface area contributed by atoms with Crippen molar-refractivity contribution < 1.29 is 33.8 Å². The molecule has 142 valence electrons. The van der Waals surface area contributed by atoms with Gasteiger partial charge in [-0.3, -0.25) is 10.1 Å². The molecule has 1 saturated heterocycles. The molecule has 1 aromatic rings. The van der Waals surface area contributed by atoms with Gasteiger partial charge in [-0.2, -0.15) is 0 Å². The summed E-state index contributed by atoms with van der Waals surface area (Å²) in [6.45, 7) is 3.46. The number of methoxy groups -OCH3 is 2. The summed E-state index contributed by atoms with van der Waals surface area (Å²) < 4.78 is 9.42. The molecular formula is C16H20N2O7S. The minimum absolute atomic E-state index is 0.0515. The van der Waals surface area contributed by atoms with Gasteiger partial charge in [-0.1, -0.05) is 0 Å². The van der Waals surface area contributed by atoms with Crippen molar-refractivity contribution in [2.24, 2.45) is 5.41 Å². The van der Waals surface area contributed by atoms with Crippen LogP contribution >= 0.6 is 11.3 Å². The van der Waals surface area contributed by atoms with Crippen LogP contribution in [0.2, 0.25) is 0 Å². The van der Waals surface area contributed by atoms with Crippen molar-refractivity contribution in [1.29, 1.82) is 0 Å².